The van der Waals surface area contributed by atoms with Crippen molar-refractivity contribution in [2.75, 3.05) is 5.75 Å². The molecule has 0 spiro atoms. The molecule has 0 radical (unpaired) electrons. The van der Waals surface area contributed by atoms with Crippen LogP contribution in [-0.4, -0.2) is 21.7 Å². The van der Waals surface area contributed by atoms with Crippen LogP contribution in [0.4, 0.5) is 0 Å². The van der Waals surface area contributed by atoms with Gasteiger partial charge in [0.05, 0.1) is 6.10 Å². The van der Waals surface area contributed by atoms with Crippen LogP contribution in [0.1, 0.15) is 46.5 Å². The van der Waals surface area contributed by atoms with Crippen molar-refractivity contribution in [2.24, 2.45) is 5.92 Å². The first-order valence-corrected chi connectivity index (χ1v) is 6.28. The second-order valence-electron chi connectivity index (χ2n) is 5.11. The highest BCUT2D eigenvalue weighted by Crippen LogP contribution is 2.32. The molecule has 0 aromatic rings. The number of rotatable bonds is 4. The molecular weight excluding hydrogens is 180 g/mol. The highest BCUT2D eigenvalue weighted by atomic mass is 32.2. The SMILES string of the molecule is CC(C)(C)SCC(O)CC1CCC1. The van der Waals surface area contributed by atoms with E-state index in [4.69, 9.17) is 0 Å². The number of aliphatic hydroxyl groups is 1. The van der Waals surface area contributed by atoms with E-state index in [1.807, 2.05) is 11.8 Å². The minimum Gasteiger partial charge on any atom is -0.392 e. The highest BCUT2D eigenvalue weighted by molar-refractivity contribution is 8.00. The van der Waals surface area contributed by atoms with Crippen LogP contribution in [0.15, 0.2) is 0 Å². The molecule has 1 N–H and O–H groups in total. The predicted octanol–water partition coefficient (Wildman–Crippen LogP) is 3.07. The molecule has 0 heterocycles. The molecule has 1 atom stereocenters. The van der Waals surface area contributed by atoms with Gasteiger partial charge in [0, 0.05) is 10.5 Å². The third-order valence-electron chi connectivity index (χ3n) is 2.54. The number of aliphatic hydroxyl groups excluding tert-OH is 1. The summed E-state index contributed by atoms with van der Waals surface area (Å²) in [6.07, 6.45) is 5.02. The Bertz CT molecular complexity index is 147. The average molecular weight is 202 g/mol. The summed E-state index contributed by atoms with van der Waals surface area (Å²) in [6, 6.07) is 0. The number of hydrogen-bond acceptors (Lipinski definition) is 2. The Labute approximate surface area is 86.3 Å². The zero-order chi connectivity index (χ0) is 9.90. The topological polar surface area (TPSA) is 20.2 Å². The van der Waals surface area contributed by atoms with Crippen molar-refractivity contribution in [3.8, 4) is 0 Å². The van der Waals surface area contributed by atoms with Crippen LogP contribution in [0.5, 0.6) is 0 Å². The largest absolute Gasteiger partial charge is 0.392 e. The van der Waals surface area contributed by atoms with Crippen LogP contribution in [0.25, 0.3) is 0 Å². The van der Waals surface area contributed by atoms with Crippen LogP contribution in [0.3, 0.4) is 0 Å². The molecule has 0 aromatic carbocycles. The summed E-state index contributed by atoms with van der Waals surface area (Å²) in [6.45, 7) is 6.61. The van der Waals surface area contributed by atoms with Crippen molar-refractivity contribution < 1.29 is 5.11 Å². The first-order chi connectivity index (χ1) is 5.97. The first kappa shape index (κ1) is 11.4. The van der Waals surface area contributed by atoms with E-state index in [1.54, 1.807) is 0 Å². The maximum Gasteiger partial charge on any atom is 0.0633 e. The fourth-order valence-corrected chi connectivity index (χ4v) is 2.36. The van der Waals surface area contributed by atoms with Crippen molar-refractivity contribution in [3.63, 3.8) is 0 Å². The van der Waals surface area contributed by atoms with Crippen LogP contribution in [-0.2, 0) is 0 Å². The van der Waals surface area contributed by atoms with Gasteiger partial charge in [0.2, 0.25) is 0 Å². The first-order valence-electron chi connectivity index (χ1n) is 5.29. The van der Waals surface area contributed by atoms with Gasteiger partial charge in [-0.25, -0.2) is 0 Å². The van der Waals surface area contributed by atoms with Gasteiger partial charge in [-0.15, -0.1) is 0 Å². The van der Waals surface area contributed by atoms with Gasteiger partial charge in [-0.05, 0) is 12.3 Å². The van der Waals surface area contributed by atoms with Crippen LogP contribution in [0, 0.1) is 5.92 Å². The molecule has 13 heavy (non-hydrogen) atoms. The Hall–Kier alpha value is 0.310. The van der Waals surface area contributed by atoms with E-state index in [2.05, 4.69) is 20.8 Å². The normalized spacial score (nSPS) is 21.2. The van der Waals surface area contributed by atoms with Gasteiger partial charge in [0.15, 0.2) is 0 Å². The fraction of sp³-hybridized carbons (Fsp3) is 1.00. The Morgan fingerprint density at radius 3 is 2.38 bits per heavy atom. The summed E-state index contributed by atoms with van der Waals surface area (Å²) in [5.74, 6) is 1.73. The van der Waals surface area contributed by atoms with Crippen LogP contribution < -0.4 is 0 Å². The van der Waals surface area contributed by atoms with Crippen molar-refractivity contribution >= 4 is 11.8 Å². The summed E-state index contributed by atoms with van der Waals surface area (Å²) < 4.78 is 0.292. The fourth-order valence-electron chi connectivity index (χ4n) is 1.53. The molecule has 2 heteroatoms. The van der Waals surface area contributed by atoms with E-state index in [1.165, 1.54) is 19.3 Å². The van der Waals surface area contributed by atoms with Crippen molar-refractivity contribution in [3.05, 3.63) is 0 Å². The molecule has 1 unspecified atom stereocenters. The molecule has 1 saturated carbocycles. The van der Waals surface area contributed by atoms with Gasteiger partial charge in [-0.2, -0.15) is 11.8 Å². The third-order valence-corrected chi connectivity index (χ3v) is 3.96. The number of thioether (sulfide) groups is 1. The van der Waals surface area contributed by atoms with E-state index >= 15 is 0 Å². The van der Waals surface area contributed by atoms with E-state index in [-0.39, 0.29) is 6.10 Å². The standard InChI is InChI=1S/C11H22OS/c1-11(2,3)13-8-10(12)7-9-5-4-6-9/h9-10,12H,4-8H2,1-3H3. The van der Waals surface area contributed by atoms with E-state index in [0.717, 1.165) is 18.1 Å². The summed E-state index contributed by atoms with van der Waals surface area (Å²) in [7, 11) is 0. The predicted molar refractivity (Wildman–Crippen MR) is 60.2 cm³/mol. The van der Waals surface area contributed by atoms with E-state index in [0.29, 0.717) is 4.75 Å². The van der Waals surface area contributed by atoms with Gasteiger partial charge in [-0.3, -0.25) is 0 Å². The molecule has 1 aliphatic rings. The monoisotopic (exact) mass is 202 g/mol. The lowest BCUT2D eigenvalue weighted by molar-refractivity contribution is 0.136. The quantitative estimate of drug-likeness (QED) is 0.756. The van der Waals surface area contributed by atoms with E-state index < -0.39 is 0 Å². The lowest BCUT2D eigenvalue weighted by atomic mass is 9.82. The Kier molecular flexibility index (Phi) is 4.11. The third kappa shape index (κ3) is 4.92. The minimum absolute atomic E-state index is 0.0745. The minimum atomic E-state index is -0.0745. The summed E-state index contributed by atoms with van der Waals surface area (Å²) >= 11 is 1.87. The van der Waals surface area contributed by atoms with Gasteiger partial charge in [0.1, 0.15) is 0 Å². The molecule has 1 aliphatic carbocycles. The molecule has 1 fully saturated rings. The van der Waals surface area contributed by atoms with Crippen molar-refractivity contribution in [1.82, 2.24) is 0 Å². The Morgan fingerprint density at radius 2 is 2.00 bits per heavy atom. The second kappa shape index (κ2) is 4.70. The zero-order valence-corrected chi connectivity index (χ0v) is 9.86. The molecule has 0 aromatic heterocycles. The molecule has 0 saturated heterocycles. The van der Waals surface area contributed by atoms with Gasteiger partial charge in [-0.1, -0.05) is 40.0 Å². The molecule has 0 aliphatic heterocycles. The Balaban J connectivity index is 2.06. The summed E-state index contributed by atoms with van der Waals surface area (Å²) in [5.41, 5.74) is 0. The summed E-state index contributed by atoms with van der Waals surface area (Å²) in [4.78, 5) is 0. The lowest BCUT2D eigenvalue weighted by Gasteiger charge is -2.28. The lowest BCUT2D eigenvalue weighted by Crippen LogP contribution is -2.23. The van der Waals surface area contributed by atoms with Crippen molar-refractivity contribution in [2.45, 2.75) is 57.3 Å². The van der Waals surface area contributed by atoms with Gasteiger partial charge in [0.25, 0.3) is 0 Å². The maximum absolute atomic E-state index is 9.73. The molecular formula is C11H22OS. The molecule has 0 bridgehead atoms. The van der Waals surface area contributed by atoms with Crippen molar-refractivity contribution in [1.29, 1.82) is 0 Å². The van der Waals surface area contributed by atoms with Gasteiger partial charge >= 0.3 is 0 Å². The molecule has 78 valence electrons. The van der Waals surface area contributed by atoms with Crippen LogP contribution in [0.2, 0.25) is 0 Å². The highest BCUT2D eigenvalue weighted by Gasteiger charge is 2.22. The Morgan fingerprint density at radius 1 is 1.38 bits per heavy atom. The summed E-state index contributed by atoms with van der Waals surface area (Å²) in [5, 5.41) is 9.73. The average Bonchev–Trinajstić information content (AvgIpc) is 1.91. The van der Waals surface area contributed by atoms with Gasteiger partial charge < -0.3 is 5.11 Å². The van der Waals surface area contributed by atoms with E-state index in [9.17, 15) is 5.11 Å². The zero-order valence-electron chi connectivity index (χ0n) is 9.05. The maximum atomic E-state index is 9.73. The number of hydrogen-bond donors (Lipinski definition) is 1. The molecule has 1 nitrogen and oxygen atoms in total. The molecule has 1 rings (SSSR count). The second-order valence-corrected chi connectivity index (χ2v) is 6.96. The smallest absolute Gasteiger partial charge is 0.0633 e. The van der Waals surface area contributed by atoms with Crippen LogP contribution >= 0.6 is 11.8 Å². The molecule has 0 amide bonds.